The Bertz CT molecular complexity index is 723. The number of nitrogen functional groups attached to an aromatic ring is 1. The second kappa shape index (κ2) is 6.97. The van der Waals surface area contributed by atoms with Crippen LogP contribution >= 0.6 is 24.4 Å². The normalized spacial score (nSPS) is 10.7. The maximum absolute atomic E-state index is 8.88. The topological polar surface area (TPSA) is 114 Å². The van der Waals surface area contributed by atoms with E-state index in [9.17, 15) is 0 Å². The number of nitrogens with zero attached hydrogens (tertiary/aromatic N) is 4. The van der Waals surface area contributed by atoms with Gasteiger partial charge in [-0.2, -0.15) is 5.26 Å². The number of thioether (sulfide) groups is 1. The van der Waals surface area contributed by atoms with Crippen molar-refractivity contribution >= 4 is 42.4 Å². The zero-order valence-electron chi connectivity index (χ0n) is 10.9. The van der Waals surface area contributed by atoms with Gasteiger partial charge in [0.1, 0.15) is 5.82 Å². The second-order valence-corrected chi connectivity index (χ2v) is 5.33. The summed E-state index contributed by atoms with van der Waals surface area (Å²) in [7, 11) is 0. The highest BCUT2D eigenvalue weighted by Gasteiger charge is 2.09. The summed E-state index contributed by atoms with van der Waals surface area (Å²) in [6.07, 6.45) is 1.13. The third kappa shape index (κ3) is 3.87. The van der Waals surface area contributed by atoms with Crippen molar-refractivity contribution in [3.63, 3.8) is 0 Å². The number of nitriles is 1. The zero-order chi connectivity index (χ0) is 15.2. The first-order valence-electron chi connectivity index (χ1n) is 5.86. The Morgan fingerprint density at radius 1 is 1.43 bits per heavy atom. The van der Waals surface area contributed by atoms with Gasteiger partial charge in [0.05, 0.1) is 22.9 Å². The summed E-state index contributed by atoms with van der Waals surface area (Å²) < 4.78 is 0. The molecule has 8 heteroatoms. The molecule has 0 saturated heterocycles. The van der Waals surface area contributed by atoms with Crippen molar-refractivity contribution in [1.29, 1.82) is 5.26 Å². The van der Waals surface area contributed by atoms with Crippen molar-refractivity contribution < 1.29 is 0 Å². The smallest absolute Gasteiger partial charge is 0.191 e. The molecule has 2 aromatic rings. The molecule has 0 aliphatic heterocycles. The summed E-state index contributed by atoms with van der Waals surface area (Å²) in [5.74, 6) is 1.20. The maximum Gasteiger partial charge on any atom is 0.191 e. The molecule has 1 aromatic carbocycles. The maximum atomic E-state index is 8.88. The van der Waals surface area contributed by atoms with Gasteiger partial charge in [0.25, 0.3) is 0 Å². The van der Waals surface area contributed by atoms with E-state index in [2.05, 4.69) is 33.7 Å². The van der Waals surface area contributed by atoms with Gasteiger partial charge in [-0.25, -0.2) is 15.0 Å². The number of hydrogen-bond donors (Lipinski definition) is 3. The SMILES string of the molecule is N#Cc1cccc(CSc2nc(N)c(S)c(N=CN)n2)c1. The minimum atomic E-state index is 0.252. The predicted molar refractivity (Wildman–Crippen MR) is 86.8 cm³/mol. The van der Waals surface area contributed by atoms with Crippen LogP contribution in [0.5, 0.6) is 0 Å². The highest BCUT2D eigenvalue weighted by molar-refractivity contribution is 7.98. The number of hydrogen-bond acceptors (Lipinski definition) is 7. The van der Waals surface area contributed by atoms with Gasteiger partial charge in [-0.05, 0) is 17.7 Å². The lowest BCUT2D eigenvalue weighted by atomic mass is 10.2. The van der Waals surface area contributed by atoms with Gasteiger partial charge < -0.3 is 11.5 Å². The molecule has 0 aliphatic carbocycles. The monoisotopic (exact) mass is 316 g/mol. The van der Waals surface area contributed by atoms with Crippen LogP contribution in [-0.2, 0) is 5.75 Å². The Hall–Kier alpha value is -2.24. The fourth-order valence-electron chi connectivity index (χ4n) is 1.54. The molecule has 0 bridgehead atoms. The van der Waals surface area contributed by atoms with Crippen molar-refractivity contribution in [3.8, 4) is 6.07 Å². The van der Waals surface area contributed by atoms with Gasteiger partial charge in [-0.15, -0.1) is 12.6 Å². The Labute approximate surface area is 131 Å². The Morgan fingerprint density at radius 2 is 2.24 bits per heavy atom. The van der Waals surface area contributed by atoms with E-state index in [1.807, 2.05) is 18.2 Å². The third-order valence-electron chi connectivity index (χ3n) is 2.49. The molecule has 1 aromatic heterocycles. The van der Waals surface area contributed by atoms with Crippen LogP contribution < -0.4 is 11.5 Å². The molecule has 0 aliphatic rings. The fraction of sp³-hybridized carbons (Fsp3) is 0.0769. The fourth-order valence-corrected chi connectivity index (χ4v) is 2.49. The highest BCUT2D eigenvalue weighted by Crippen LogP contribution is 2.29. The quantitative estimate of drug-likeness (QED) is 0.262. The number of nitrogens with two attached hydrogens (primary N) is 2. The van der Waals surface area contributed by atoms with Gasteiger partial charge in [0, 0.05) is 5.75 Å². The van der Waals surface area contributed by atoms with Crippen LogP contribution in [0.1, 0.15) is 11.1 Å². The molecule has 21 heavy (non-hydrogen) atoms. The van der Waals surface area contributed by atoms with E-state index in [1.165, 1.54) is 11.8 Å². The van der Waals surface area contributed by atoms with Crippen LogP contribution in [0.25, 0.3) is 0 Å². The molecule has 106 valence electrons. The second-order valence-electron chi connectivity index (χ2n) is 3.94. The molecule has 0 radical (unpaired) electrons. The van der Waals surface area contributed by atoms with Gasteiger partial charge in [-0.3, -0.25) is 0 Å². The summed E-state index contributed by atoms with van der Waals surface area (Å²) in [6, 6.07) is 9.45. The molecule has 0 fully saturated rings. The van der Waals surface area contributed by atoms with Gasteiger partial charge >= 0.3 is 0 Å². The number of benzene rings is 1. The summed E-state index contributed by atoms with van der Waals surface area (Å²) >= 11 is 5.59. The minimum absolute atomic E-state index is 0.252. The molecule has 0 amide bonds. The van der Waals surface area contributed by atoms with Gasteiger partial charge in [0.15, 0.2) is 11.0 Å². The highest BCUT2D eigenvalue weighted by atomic mass is 32.2. The van der Waals surface area contributed by atoms with E-state index in [4.69, 9.17) is 16.7 Å². The molecule has 1 heterocycles. The Morgan fingerprint density at radius 3 is 2.95 bits per heavy atom. The first kappa shape index (κ1) is 15.2. The standard InChI is InChI=1S/C13H12N6S2/c14-5-8-2-1-3-9(4-8)6-21-13-18-11(16)10(20)12(19-13)17-7-15/h1-4,7,20H,6H2,(H4,15,16,17,18,19). The molecule has 0 spiro atoms. The van der Waals surface area contributed by atoms with Crippen LogP contribution in [0.2, 0.25) is 0 Å². The zero-order valence-corrected chi connectivity index (χ0v) is 12.6. The van der Waals surface area contributed by atoms with Crippen LogP contribution in [0.4, 0.5) is 11.6 Å². The predicted octanol–water partition coefficient (Wildman–Crippen LogP) is 2.13. The first-order chi connectivity index (χ1) is 10.1. The molecule has 0 unspecified atom stereocenters. The van der Waals surface area contributed by atoms with Crippen LogP contribution in [0, 0.1) is 11.3 Å². The lowest BCUT2D eigenvalue weighted by molar-refractivity contribution is 0.941. The first-order valence-corrected chi connectivity index (χ1v) is 7.30. The van der Waals surface area contributed by atoms with E-state index in [0.717, 1.165) is 11.9 Å². The Balaban J connectivity index is 2.18. The Kier molecular flexibility index (Phi) is 5.03. The van der Waals surface area contributed by atoms with Crippen LogP contribution in [0.3, 0.4) is 0 Å². The van der Waals surface area contributed by atoms with E-state index in [-0.39, 0.29) is 5.82 Å². The van der Waals surface area contributed by atoms with E-state index in [1.54, 1.807) is 6.07 Å². The molecule has 2 rings (SSSR count). The van der Waals surface area contributed by atoms with Crippen molar-refractivity contribution in [2.45, 2.75) is 15.8 Å². The lowest BCUT2D eigenvalue weighted by Crippen LogP contribution is -1.98. The number of anilines is 1. The minimum Gasteiger partial charge on any atom is -0.390 e. The van der Waals surface area contributed by atoms with E-state index < -0.39 is 0 Å². The summed E-state index contributed by atoms with van der Waals surface area (Å²) in [5.41, 5.74) is 12.6. The van der Waals surface area contributed by atoms with Crippen molar-refractivity contribution in [1.82, 2.24) is 9.97 Å². The van der Waals surface area contributed by atoms with Crippen molar-refractivity contribution in [3.05, 3.63) is 35.4 Å². The molecular weight excluding hydrogens is 304 g/mol. The third-order valence-corrected chi connectivity index (χ3v) is 3.84. The number of aromatic nitrogens is 2. The summed E-state index contributed by atoms with van der Waals surface area (Å²) in [4.78, 5) is 12.7. The summed E-state index contributed by atoms with van der Waals surface area (Å²) in [5, 5.41) is 9.36. The average Bonchev–Trinajstić information content (AvgIpc) is 2.50. The van der Waals surface area contributed by atoms with Crippen LogP contribution in [0.15, 0.2) is 39.3 Å². The lowest BCUT2D eigenvalue weighted by Gasteiger charge is -2.06. The number of thiol groups is 1. The van der Waals surface area contributed by atoms with E-state index >= 15 is 0 Å². The molecular formula is C13H12N6S2. The number of aliphatic imine (C=N–C) groups is 1. The van der Waals surface area contributed by atoms with E-state index in [0.29, 0.717) is 27.2 Å². The molecule has 4 N–H and O–H groups in total. The number of rotatable bonds is 4. The van der Waals surface area contributed by atoms with Gasteiger partial charge in [0.2, 0.25) is 0 Å². The van der Waals surface area contributed by atoms with Crippen molar-refractivity contribution in [2.75, 3.05) is 5.73 Å². The molecule has 0 atom stereocenters. The van der Waals surface area contributed by atoms with Crippen molar-refractivity contribution in [2.24, 2.45) is 10.7 Å². The largest absolute Gasteiger partial charge is 0.390 e. The summed E-state index contributed by atoms with van der Waals surface area (Å²) in [6.45, 7) is 0. The molecule has 6 nitrogen and oxygen atoms in total. The van der Waals surface area contributed by atoms with Gasteiger partial charge in [-0.1, -0.05) is 23.9 Å². The average molecular weight is 316 g/mol. The van der Waals surface area contributed by atoms with Crippen LogP contribution in [-0.4, -0.2) is 16.3 Å². The molecule has 0 saturated carbocycles.